The molecule has 0 amide bonds. The molecule has 22 heavy (non-hydrogen) atoms. The van der Waals surface area contributed by atoms with E-state index in [0.29, 0.717) is 17.6 Å². The van der Waals surface area contributed by atoms with Gasteiger partial charge in [0.1, 0.15) is 5.75 Å². The van der Waals surface area contributed by atoms with Crippen molar-refractivity contribution in [2.45, 2.75) is 46.0 Å². The van der Waals surface area contributed by atoms with Crippen LogP contribution in [0.1, 0.15) is 57.1 Å². The van der Waals surface area contributed by atoms with Crippen LogP contribution in [0, 0.1) is 0 Å². The largest absolute Gasteiger partial charge is 1.00 e. The number of phenolic OH excluding ortho intramolecular Hbond substituents is 1. The maximum absolute atomic E-state index is 10.7. The summed E-state index contributed by atoms with van der Waals surface area (Å²) in [6.45, 7) is 8.53. The second-order valence-electron chi connectivity index (χ2n) is 5.63. The molecule has 0 aliphatic carbocycles. The Labute approximate surface area is 156 Å². The van der Waals surface area contributed by atoms with Gasteiger partial charge in [-0.25, -0.2) is 0 Å². The Balaban J connectivity index is 0.000000385. The smallest absolute Gasteiger partial charge is 0.872 e. The van der Waals surface area contributed by atoms with E-state index in [2.05, 4.69) is 27.7 Å². The summed E-state index contributed by atoms with van der Waals surface area (Å²) in [7, 11) is 0. The average molecular weight is 308 g/mol. The van der Waals surface area contributed by atoms with E-state index < -0.39 is 0 Å². The summed E-state index contributed by atoms with van der Waals surface area (Å²) in [5, 5.41) is 19.8. The molecule has 0 fully saturated rings. The van der Waals surface area contributed by atoms with Crippen LogP contribution >= 0.6 is 0 Å². The second-order valence-corrected chi connectivity index (χ2v) is 5.63. The van der Waals surface area contributed by atoms with Crippen molar-refractivity contribution in [1.82, 2.24) is 0 Å². The van der Waals surface area contributed by atoms with Gasteiger partial charge in [0.05, 0.1) is 0 Å². The van der Waals surface area contributed by atoms with E-state index in [1.54, 1.807) is 24.3 Å². The zero-order chi connectivity index (χ0) is 15.8. The molecule has 0 heterocycles. The number of hydrogen-bond donors (Lipinski definition) is 1. The molecule has 2 aromatic carbocycles. The number of benzene rings is 2. The number of hydrogen-bond acceptors (Lipinski definition) is 2. The number of phenols is 1. The zero-order valence-corrected chi connectivity index (χ0v) is 16.3. The van der Waals surface area contributed by atoms with E-state index in [4.69, 9.17) is 5.11 Å². The minimum Gasteiger partial charge on any atom is -0.872 e. The van der Waals surface area contributed by atoms with E-state index in [1.165, 1.54) is 11.1 Å². The number of aromatic hydroxyl groups is 1. The zero-order valence-electron chi connectivity index (χ0n) is 14.3. The first-order valence-corrected chi connectivity index (χ1v) is 7.50. The third-order valence-corrected chi connectivity index (χ3v) is 3.60. The van der Waals surface area contributed by atoms with Crippen LogP contribution < -0.4 is 34.7 Å². The first kappa shape index (κ1) is 21.0. The van der Waals surface area contributed by atoms with E-state index in [0.717, 1.165) is 6.42 Å². The van der Waals surface area contributed by atoms with Crippen molar-refractivity contribution >= 4 is 0 Å². The van der Waals surface area contributed by atoms with E-state index in [-0.39, 0.29) is 35.3 Å². The first-order chi connectivity index (χ1) is 9.93. The van der Waals surface area contributed by atoms with Gasteiger partial charge in [-0.2, -0.15) is 0 Å². The quantitative estimate of drug-likeness (QED) is 0.879. The fourth-order valence-electron chi connectivity index (χ4n) is 1.92. The predicted octanol–water partition coefficient (Wildman–Crippen LogP) is 1.79. The SMILES string of the molecule is CC(C)c1cccc(O)c1.CCC(C)c1ccc([O-])cc1.[Na+]. The van der Waals surface area contributed by atoms with Crippen LogP contribution in [0.2, 0.25) is 0 Å². The van der Waals surface area contributed by atoms with Gasteiger partial charge in [-0.05, 0) is 41.5 Å². The molecule has 0 aliphatic rings. The van der Waals surface area contributed by atoms with Gasteiger partial charge in [0.15, 0.2) is 0 Å². The van der Waals surface area contributed by atoms with Crippen molar-refractivity contribution in [2.75, 3.05) is 0 Å². The molecule has 1 atom stereocenters. The molecule has 2 nitrogen and oxygen atoms in total. The van der Waals surface area contributed by atoms with Crippen LogP contribution in [0.15, 0.2) is 48.5 Å². The van der Waals surface area contributed by atoms with Crippen LogP contribution in [-0.2, 0) is 0 Å². The minimum atomic E-state index is 0. The topological polar surface area (TPSA) is 43.3 Å². The molecular formula is C19H25NaO2. The molecule has 0 bridgehead atoms. The summed E-state index contributed by atoms with van der Waals surface area (Å²) in [5.41, 5.74) is 2.44. The Bertz CT molecular complexity index is 535. The van der Waals surface area contributed by atoms with Gasteiger partial charge in [-0.3, -0.25) is 0 Å². The summed E-state index contributed by atoms with van der Waals surface area (Å²) in [6, 6.07) is 14.4. The van der Waals surface area contributed by atoms with Gasteiger partial charge in [0, 0.05) is 0 Å². The summed E-state index contributed by atoms with van der Waals surface area (Å²) in [4.78, 5) is 0. The van der Waals surface area contributed by atoms with E-state index in [1.807, 2.05) is 24.3 Å². The standard InChI is InChI=1S/C10H14O.C9H12O.Na/c1-3-8(2)9-4-6-10(11)7-5-9;1-7(2)8-4-3-5-9(10)6-8;/h4-8,11H,3H2,1-2H3;3-7,10H,1-2H3;/q;;+1/p-1. The third-order valence-electron chi connectivity index (χ3n) is 3.60. The van der Waals surface area contributed by atoms with Crippen molar-refractivity contribution < 1.29 is 39.8 Å². The molecule has 3 heteroatoms. The molecule has 1 unspecified atom stereocenters. The van der Waals surface area contributed by atoms with Crippen LogP contribution in [0.5, 0.6) is 11.5 Å². The summed E-state index contributed by atoms with van der Waals surface area (Å²) in [6.07, 6.45) is 1.12. The van der Waals surface area contributed by atoms with Crippen LogP contribution in [0.3, 0.4) is 0 Å². The van der Waals surface area contributed by atoms with Gasteiger partial charge in [0.2, 0.25) is 0 Å². The molecule has 1 N–H and O–H groups in total. The van der Waals surface area contributed by atoms with Crippen LogP contribution in [0.25, 0.3) is 0 Å². The van der Waals surface area contributed by atoms with Gasteiger partial charge in [-0.1, -0.05) is 64.1 Å². The third kappa shape index (κ3) is 7.35. The molecule has 114 valence electrons. The molecule has 0 saturated heterocycles. The van der Waals surface area contributed by atoms with Crippen molar-refractivity contribution in [3.05, 3.63) is 59.7 Å². The molecule has 0 saturated carbocycles. The Kier molecular flexibility index (Phi) is 10.2. The summed E-state index contributed by atoms with van der Waals surface area (Å²) in [5.74, 6) is 1.51. The van der Waals surface area contributed by atoms with Crippen molar-refractivity contribution in [2.24, 2.45) is 0 Å². The molecule has 0 radical (unpaired) electrons. The molecular weight excluding hydrogens is 283 g/mol. The molecule has 2 rings (SSSR count). The van der Waals surface area contributed by atoms with Gasteiger partial charge < -0.3 is 10.2 Å². The van der Waals surface area contributed by atoms with E-state index in [9.17, 15) is 5.11 Å². The monoisotopic (exact) mass is 308 g/mol. The van der Waals surface area contributed by atoms with Gasteiger partial charge >= 0.3 is 29.6 Å². The Hall–Kier alpha value is -0.960. The normalized spacial score (nSPS) is 11.1. The maximum Gasteiger partial charge on any atom is 1.00 e. The summed E-state index contributed by atoms with van der Waals surface area (Å²) < 4.78 is 0. The molecule has 0 spiro atoms. The van der Waals surface area contributed by atoms with Gasteiger partial charge in [-0.15, -0.1) is 5.75 Å². The van der Waals surface area contributed by atoms with Gasteiger partial charge in [0.25, 0.3) is 0 Å². The van der Waals surface area contributed by atoms with Crippen molar-refractivity contribution in [3.8, 4) is 11.5 Å². The predicted molar refractivity (Wildman–Crippen MR) is 86.8 cm³/mol. The summed E-state index contributed by atoms with van der Waals surface area (Å²) >= 11 is 0. The van der Waals surface area contributed by atoms with Crippen molar-refractivity contribution in [1.29, 1.82) is 0 Å². The van der Waals surface area contributed by atoms with E-state index >= 15 is 0 Å². The van der Waals surface area contributed by atoms with Crippen LogP contribution in [-0.4, -0.2) is 5.11 Å². The first-order valence-electron chi connectivity index (χ1n) is 7.50. The molecule has 0 aromatic heterocycles. The Morgan fingerprint density at radius 2 is 1.55 bits per heavy atom. The second kappa shape index (κ2) is 10.7. The average Bonchev–Trinajstić information content (AvgIpc) is 2.48. The molecule has 0 aliphatic heterocycles. The Morgan fingerprint density at radius 1 is 0.955 bits per heavy atom. The number of rotatable bonds is 3. The minimum absolute atomic E-state index is 0. The van der Waals surface area contributed by atoms with Crippen molar-refractivity contribution in [3.63, 3.8) is 0 Å². The maximum atomic E-state index is 10.7. The fourth-order valence-corrected chi connectivity index (χ4v) is 1.92. The molecule has 2 aromatic rings. The Morgan fingerprint density at radius 3 is 1.95 bits per heavy atom. The fraction of sp³-hybridized carbons (Fsp3) is 0.368. The van der Waals surface area contributed by atoms with Crippen LogP contribution in [0.4, 0.5) is 0 Å².